The summed E-state index contributed by atoms with van der Waals surface area (Å²) in [6.07, 6.45) is 3.27. The minimum absolute atomic E-state index is 0.114. The molecule has 5 heteroatoms. The molecular weight excluding hydrogens is 228 g/mol. The van der Waals surface area contributed by atoms with E-state index in [1.807, 2.05) is 13.8 Å². The number of Topliss-reactive ketones (excluding diaryl/α,β-unsaturated/α-hetero) is 1. The number of ketones is 1. The molecule has 0 unspecified atom stereocenters. The number of hydrogen-bond donors (Lipinski definition) is 2. The molecule has 94 valence electrons. The topological polar surface area (TPSA) is 70.7 Å². The molecule has 2 heterocycles. The van der Waals surface area contributed by atoms with Gasteiger partial charge in [-0.05, 0) is 26.3 Å². The third-order valence-electron chi connectivity index (χ3n) is 2.45. The van der Waals surface area contributed by atoms with Crippen LogP contribution in [0.1, 0.15) is 31.1 Å². The van der Waals surface area contributed by atoms with Gasteiger partial charge in [-0.2, -0.15) is 0 Å². The van der Waals surface area contributed by atoms with Crippen molar-refractivity contribution < 1.29 is 4.79 Å². The summed E-state index contributed by atoms with van der Waals surface area (Å²) >= 11 is 0. The number of nitrogens with zero attached hydrogens (tertiary/aromatic N) is 2. The molecule has 0 atom stereocenters. The van der Waals surface area contributed by atoms with Gasteiger partial charge in [-0.3, -0.25) is 4.79 Å². The van der Waals surface area contributed by atoms with E-state index in [2.05, 4.69) is 26.8 Å². The maximum absolute atomic E-state index is 11.9. The van der Waals surface area contributed by atoms with Crippen LogP contribution < -0.4 is 5.32 Å². The van der Waals surface area contributed by atoms with Crippen molar-refractivity contribution in [2.24, 2.45) is 0 Å². The number of aromatic nitrogens is 3. The molecule has 0 spiro atoms. The highest BCUT2D eigenvalue weighted by Crippen LogP contribution is 2.19. The molecule has 0 amide bonds. The van der Waals surface area contributed by atoms with Crippen LogP contribution in [0.4, 0.5) is 5.82 Å². The summed E-state index contributed by atoms with van der Waals surface area (Å²) in [4.78, 5) is 23.5. The van der Waals surface area contributed by atoms with Crippen molar-refractivity contribution in [3.8, 4) is 0 Å². The van der Waals surface area contributed by atoms with Crippen LogP contribution >= 0.6 is 0 Å². The number of fused-ring (bicyclic) bond motifs is 1. The van der Waals surface area contributed by atoms with Crippen LogP contribution in [0.2, 0.25) is 0 Å². The van der Waals surface area contributed by atoms with E-state index in [4.69, 9.17) is 0 Å². The first-order valence-corrected chi connectivity index (χ1v) is 5.80. The van der Waals surface area contributed by atoms with Gasteiger partial charge in [0.2, 0.25) is 0 Å². The van der Waals surface area contributed by atoms with Gasteiger partial charge in [0.15, 0.2) is 11.4 Å². The molecule has 0 aliphatic heterocycles. The average molecular weight is 244 g/mol. The molecule has 0 saturated heterocycles. The third-order valence-corrected chi connectivity index (χ3v) is 2.45. The van der Waals surface area contributed by atoms with Crippen molar-refractivity contribution in [1.29, 1.82) is 0 Å². The highest BCUT2D eigenvalue weighted by molar-refractivity contribution is 6.14. The van der Waals surface area contributed by atoms with Crippen molar-refractivity contribution in [2.75, 3.05) is 5.32 Å². The molecule has 2 N–H and O–H groups in total. The zero-order valence-corrected chi connectivity index (χ0v) is 10.7. The van der Waals surface area contributed by atoms with Gasteiger partial charge in [0, 0.05) is 12.2 Å². The van der Waals surface area contributed by atoms with Crippen LogP contribution in [0.5, 0.6) is 0 Å². The fraction of sp³-hybridized carbons (Fsp3) is 0.308. The van der Waals surface area contributed by atoms with Gasteiger partial charge >= 0.3 is 0 Å². The molecule has 2 rings (SSSR count). The smallest absolute Gasteiger partial charge is 0.191 e. The highest BCUT2D eigenvalue weighted by Gasteiger charge is 2.15. The predicted octanol–water partition coefficient (Wildman–Crippen LogP) is 2.54. The van der Waals surface area contributed by atoms with Crippen molar-refractivity contribution >= 4 is 22.8 Å². The number of carbonyl (C=O) groups is 1. The Labute approximate surface area is 105 Å². The van der Waals surface area contributed by atoms with Gasteiger partial charge in [0.1, 0.15) is 11.3 Å². The summed E-state index contributed by atoms with van der Waals surface area (Å²) in [5.74, 6) is 0.546. The van der Waals surface area contributed by atoms with Crippen LogP contribution in [-0.2, 0) is 0 Å². The maximum Gasteiger partial charge on any atom is 0.191 e. The molecule has 0 saturated carbocycles. The number of rotatable bonds is 4. The first kappa shape index (κ1) is 12.3. The van der Waals surface area contributed by atoms with E-state index >= 15 is 0 Å². The first-order valence-electron chi connectivity index (χ1n) is 5.80. The number of carbonyl (C=O) groups excluding carboxylic acids is 1. The van der Waals surface area contributed by atoms with E-state index in [9.17, 15) is 4.79 Å². The lowest BCUT2D eigenvalue weighted by molar-refractivity contribution is 0.103. The summed E-state index contributed by atoms with van der Waals surface area (Å²) in [6.45, 7) is 9.38. The maximum atomic E-state index is 11.9. The lowest BCUT2D eigenvalue weighted by atomic mass is 10.1. The average Bonchev–Trinajstić information content (AvgIpc) is 2.70. The summed E-state index contributed by atoms with van der Waals surface area (Å²) in [5, 5.41) is 3.16. The fourth-order valence-electron chi connectivity index (χ4n) is 1.66. The van der Waals surface area contributed by atoms with Crippen LogP contribution in [0, 0.1) is 0 Å². The van der Waals surface area contributed by atoms with Gasteiger partial charge in [-0.25, -0.2) is 9.97 Å². The van der Waals surface area contributed by atoms with Gasteiger partial charge in [0.05, 0.1) is 11.8 Å². The summed E-state index contributed by atoms with van der Waals surface area (Å²) in [7, 11) is 0. The number of H-pyrrole nitrogens is 1. The number of anilines is 1. The van der Waals surface area contributed by atoms with E-state index in [1.165, 1.54) is 0 Å². The second kappa shape index (κ2) is 4.60. The van der Waals surface area contributed by atoms with Crippen LogP contribution in [0.3, 0.4) is 0 Å². The molecule has 0 aliphatic carbocycles. The third kappa shape index (κ3) is 2.25. The minimum atomic E-state index is -0.114. The monoisotopic (exact) mass is 244 g/mol. The fourth-order valence-corrected chi connectivity index (χ4v) is 1.66. The van der Waals surface area contributed by atoms with Gasteiger partial charge in [0.25, 0.3) is 0 Å². The van der Waals surface area contributed by atoms with E-state index < -0.39 is 0 Å². The standard InChI is InChI=1S/C13H16N4O/c1-7(2)12(18)9-5-14-13-11(9)17-10(6-15-13)16-8(3)4/h5-6,8H,1H2,2-4H3,(H,14,15)(H,16,17). The second-order valence-electron chi connectivity index (χ2n) is 4.56. The van der Waals surface area contributed by atoms with Crippen molar-refractivity contribution in [2.45, 2.75) is 26.8 Å². The van der Waals surface area contributed by atoms with E-state index in [0.29, 0.717) is 28.1 Å². The quantitative estimate of drug-likeness (QED) is 0.640. The van der Waals surface area contributed by atoms with Crippen molar-refractivity contribution in [1.82, 2.24) is 15.0 Å². The molecule has 2 aromatic heterocycles. The molecule has 0 fully saturated rings. The molecule has 5 nitrogen and oxygen atoms in total. The SMILES string of the molecule is C=C(C)C(=O)c1c[nH]c2ncc(NC(C)C)nc12. The lowest BCUT2D eigenvalue weighted by Crippen LogP contribution is -2.11. The Balaban J connectivity index is 2.49. The predicted molar refractivity (Wildman–Crippen MR) is 71.8 cm³/mol. The first-order chi connectivity index (χ1) is 8.49. The largest absolute Gasteiger partial charge is 0.367 e. The van der Waals surface area contributed by atoms with Crippen LogP contribution in [-0.4, -0.2) is 26.8 Å². The Morgan fingerprint density at radius 1 is 1.50 bits per heavy atom. The molecule has 0 aromatic carbocycles. The Morgan fingerprint density at radius 2 is 2.22 bits per heavy atom. The molecule has 2 aromatic rings. The zero-order valence-electron chi connectivity index (χ0n) is 10.7. The van der Waals surface area contributed by atoms with E-state index in [0.717, 1.165) is 0 Å². The lowest BCUT2D eigenvalue weighted by Gasteiger charge is -2.08. The summed E-state index contributed by atoms with van der Waals surface area (Å²) < 4.78 is 0. The Hall–Kier alpha value is -2.17. The molecule has 0 radical (unpaired) electrons. The van der Waals surface area contributed by atoms with Crippen molar-refractivity contribution in [3.05, 3.63) is 30.1 Å². The zero-order chi connectivity index (χ0) is 13.3. The second-order valence-corrected chi connectivity index (χ2v) is 4.56. The van der Waals surface area contributed by atoms with Gasteiger partial charge in [-0.15, -0.1) is 0 Å². The molecule has 18 heavy (non-hydrogen) atoms. The summed E-state index contributed by atoms with van der Waals surface area (Å²) in [5.41, 5.74) is 2.18. The van der Waals surface area contributed by atoms with Gasteiger partial charge in [-0.1, -0.05) is 6.58 Å². The molecular formula is C13H16N4O. The van der Waals surface area contributed by atoms with Gasteiger partial charge < -0.3 is 10.3 Å². The normalized spacial score (nSPS) is 10.9. The molecule has 0 bridgehead atoms. The summed E-state index contributed by atoms with van der Waals surface area (Å²) in [6, 6.07) is 0.260. The van der Waals surface area contributed by atoms with Crippen molar-refractivity contribution in [3.63, 3.8) is 0 Å². The van der Waals surface area contributed by atoms with E-state index in [1.54, 1.807) is 19.3 Å². The number of aromatic amines is 1. The molecule has 0 aliphatic rings. The Bertz CT molecular complexity index is 612. The Morgan fingerprint density at radius 3 is 2.83 bits per heavy atom. The van der Waals surface area contributed by atoms with Crippen LogP contribution in [0.15, 0.2) is 24.5 Å². The number of nitrogens with one attached hydrogen (secondary N) is 2. The van der Waals surface area contributed by atoms with Crippen LogP contribution in [0.25, 0.3) is 11.2 Å². The Kier molecular flexibility index (Phi) is 3.14. The number of allylic oxidation sites excluding steroid dienone is 1. The van der Waals surface area contributed by atoms with E-state index in [-0.39, 0.29) is 11.8 Å². The highest BCUT2D eigenvalue weighted by atomic mass is 16.1. The minimum Gasteiger partial charge on any atom is -0.367 e. The number of hydrogen-bond acceptors (Lipinski definition) is 4.